The monoisotopic (exact) mass is 278 g/mol. The van der Waals surface area contributed by atoms with Gasteiger partial charge in [0, 0.05) is 31.7 Å². The van der Waals surface area contributed by atoms with Crippen LogP contribution in [0, 0.1) is 0 Å². The minimum Gasteiger partial charge on any atom is -0.508 e. The summed E-state index contributed by atoms with van der Waals surface area (Å²) in [6.07, 6.45) is 0.748. The summed E-state index contributed by atoms with van der Waals surface area (Å²) in [5.74, 6) is -0.908. The van der Waals surface area contributed by atoms with Gasteiger partial charge in [0.1, 0.15) is 5.75 Å². The van der Waals surface area contributed by atoms with Crippen molar-refractivity contribution in [2.45, 2.75) is 6.42 Å². The average molecular weight is 278 g/mol. The van der Waals surface area contributed by atoms with Crippen molar-refractivity contribution in [3.8, 4) is 5.75 Å². The van der Waals surface area contributed by atoms with Crippen LogP contribution in [-0.4, -0.2) is 64.6 Å². The smallest absolute Gasteiger partial charge is 0.317 e. The van der Waals surface area contributed by atoms with Crippen LogP contribution in [0.4, 0.5) is 0 Å². The maximum absolute atomic E-state index is 12.3. The number of amides is 1. The molecule has 20 heavy (non-hydrogen) atoms. The van der Waals surface area contributed by atoms with Crippen LogP contribution in [0.3, 0.4) is 0 Å². The molecule has 2 N–H and O–H groups in total. The van der Waals surface area contributed by atoms with Crippen molar-refractivity contribution in [2.24, 2.45) is 0 Å². The van der Waals surface area contributed by atoms with Crippen LogP contribution in [0.25, 0.3) is 0 Å². The number of carbonyl (C=O) groups excluding carboxylic acids is 1. The van der Waals surface area contributed by atoms with Crippen LogP contribution in [0.1, 0.15) is 16.8 Å². The summed E-state index contributed by atoms with van der Waals surface area (Å²) in [4.78, 5) is 26.6. The average Bonchev–Trinajstić information content (AvgIpc) is 2.63. The van der Waals surface area contributed by atoms with Crippen LogP contribution in [-0.2, 0) is 4.79 Å². The molecule has 2 rings (SSSR count). The molecular weight excluding hydrogens is 260 g/mol. The maximum atomic E-state index is 12.3. The van der Waals surface area contributed by atoms with Crippen LogP contribution in [0.2, 0.25) is 0 Å². The molecule has 1 aromatic carbocycles. The first-order valence-electron chi connectivity index (χ1n) is 6.59. The summed E-state index contributed by atoms with van der Waals surface area (Å²) < 4.78 is 0. The van der Waals surface area contributed by atoms with Crippen LogP contribution in [0.5, 0.6) is 5.75 Å². The summed E-state index contributed by atoms with van der Waals surface area (Å²) in [6.45, 7) is 2.34. The van der Waals surface area contributed by atoms with Gasteiger partial charge in [0.15, 0.2) is 0 Å². The highest BCUT2D eigenvalue weighted by molar-refractivity contribution is 5.94. The Bertz CT molecular complexity index is 504. The molecule has 0 atom stereocenters. The van der Waals surface area contributed by atoms with Crippen molar-refractivity contribution in [1.82, 2.24) is 9.80 Å². The third-order valence-corrected chi connectivity index (χ3v) is 3.33. The number of benzene rings is 1. The zero-order valence-electron chi connectivity index (χ0n) is 11.2. The number of phenolic OH excluding ortho intramolecular Hbond substituents is 1. The molecule has 0 aliphatic carbocycles. The van der Waals surface area contributed by atoms with Gasteiger partial charge >= 0.3 is 5.97 Å². The highest BCUT2D eigenvalue weighted by atomic mass is 16.4. The summed E-state index contributed by atoms with van der Waals surface area (Å²) in [5, 5.41) is 18.2. The molecule has 1 aliphatic rings. The molecule has 6 nitrogen and oxygen atoms in total. The van der Waals surface area contributed by atoms with Gasteiger partial charge < -0.3 is 15.1 Å². The predicted molar refractivity (Wildman–Crippen MR) is 72.7 cm³/mol. The lowest BCUT2D eigenvalue weighted by molar-refractivity contribution is -0.138. The van der Waals surface area contributed by atoms with Crippen molar-refractivity contribution >= 4 is 11.9 Å². The fraction of sp³-hybridized carbons (Fsp3) is 0.429. The predicted octanol–water partition coefficient (Wildman–Crippen LogP) is 0.625. The molecule has 0 unspecified atom stereocenters. The minimum atomic E-state index is -0.849. The molecule has 0 radical (unpaired) electrons. The zero-order chi connectivity index (χ0) is 14.5. The lowest BCUT2D eigenvalue weighted by atomic mass is 10.2. The molecule has 0 spiro atoms. The Kier molecular flexibility index (Phi) is 4.57. The number of nitrogens with zero attached hydrogens (tertiary/aromatic N) is 2. The van der Waals surface area contributed by atoms with Crippen molar-refractivity contribution in [3.63, 3.8) is 0 Å². The summed E-state index contributed by atoms with van der Waals surface area (Å²) in [7, 11) is 0. The molecule has 1 aliphatic heterocycles. The van der Waals surface area contributed by atoms with E-state index in [1.54, 1.807) is 17.0 Å². The van der Waals surface area contributed by atoms with Gasteiger partial charge in [-0.05, 0) is 24.6 Å². The number of hydrogen-bond acceptors (Lipinski definition) is 4. The molecule has 6 heteroatoms. The molecule has 1 aromatic rings. The first kappa shape index (κ1) is 14.3. The number of carboxylic acids is 1. The summed E-state index contributed by atoms with van der Waals surface area (Å²) in [6, 6.07) is 6.27. The van der Waals surface area contributed by atoms with E-state index in [1.807, 2.05) is 4.90 Å². The Morgan fingerprint density at radius 3 is 2.65 bits per heavy atom. The van der Waals surface area contributed by atoms with Gasteiger partial charge in [0.25, 0.3) is 5.91 Å². The fourth-order valence-corrected chi connectivity index (χ4v) is 2.34. The molecule has 1 saturated heterocycles. The van der Waals surface area contributed by atoms with Gasteiger partial charge in [0.05, 0.1) is 6.54 Å². The van der Waals surface area contributed by atoms with E-state index in [9.17, 15) is 14.7 Å². The topological polar surface area (TPSA) is 81.1 Å². The van der Waals surface area contributed by atoms with Gasteiger partial charge in [-0.1, -0.05) is 6.07 Å². The molecule has 0 saturated carbocycles. The minimum absolute atomic E-state index is 0.00809. The van der Waals surface area contributed by atoms with E-state index in [1.165, 1.54) is 12.1 Å². The Morgan fingerprint density at radius 1 is 1.15 bits per heavy atom. The van der Waals surface area contributed by atoms with Crippen LogP contribution >= 0.6 is 0 Å². The van der Waals surface area contributed by atoms with Crippen molar-refractivity contribution in [1.29, 1.82) is 0 Å². The van der Waals surface area contributed by atoms with Crippen LogP contribution < -0.4 is 0 Å². The summed E-state index contributed by atoms with van der Waals surface area (Å²) in [5.41, 5.74) is 0.455. The SMILES string of the molecule is O=C(O)CN1CCCN(C(=O)c2cccc(O)c2)CC1. The zero-order valence-corrected chi connectivity index (χ0v) is 11.2. The highest BCUT2D eigenvalue weighted by Crippen LogP contribution is 2.14. The first-order chi connectivity index (χ1) is 9.56. The van der Waals surface area contributed by atoms with Gasteiger partial charge in [-0.15, -0.1) is 0 Å². The maximum Gasteiger partial charge on any atom is 0.317 e. The molecular formula is C14H18N2O4. The Hall–Kier alpha value is -2.08. The van der Waals surface area contributed by atoms with Gasteiger partial charge in [0.2, 0.25) is 0 Å². The molecule has 0 aromatic heterocycles. The largest absolute Gasteiger partial charge is 0.508 e. The summed E-state index contributed by atoms with van der Waals surface area (Å²) >= 11 is 0. The second-order valence-corrected chi connectivity index (χ2v) is 4.87. The third kappa shape index (κ3) is 3.71. The van der Waals surface area contributed by atoms with Gasteiger partial charge in [-0.25, -0.2) is 0 Å². The Morgan fingerprint density at radius 2 is 1.95 bits per heavy atom. The van der Waals surface area contributed by atoms with Crippen molar-refractivity contribution in [3.05, 3.63) is 29.8 Å². The van der Waals surface area contributed by atoms with E-state index in [0.717, 1.165) is 6.42 Å². The molecule has 1 amide bonds. The van der Waals surface area contributed by atoms with E-state index in [0.29, 0.717) is 31.7 Å². The van der Waals surface area contributed by atoms with Gasteiger partial charge in [-0.3, -0.25) is 14.5 Å². The molecule has 1 heterocycles. The first-order valence-corrected chi connectivity index (χ1v) is 6.59. The highest BCUT2D eigenvalue weighted by Gasteiger charge is 2.21. The van der Waals surface area contributed by atoms with E-state index in [-0.39, 0.29) is 18.2 Å². The van der Waals surface area contributed by atoms with Gasteiger partial charge in [-0.2, -0.15) is 0 Å². The quantitative estimate of drug-likeness (QED) is 0.847. The third-order valence-electron chi connectivity index (χ3n) is 3.33. The number of hydrogen-bond donors (Lipinski definition) is 2. The number of rotatable bonds is 3. The van der Waals surface area contributed by atoms with E-state index in [4.69, 9.17) is 5.11 Å². The number of aromatic hydroxyl groups is 1. The lowest BCUT2D eigenvalue weighted by Gasteiger charge is -2.21. The second-order valence-electron chi connectivity index (χ2n) is 4.87. The number of phenols is 1. The van der Waals surface area contributed by atoms with Crippen LogP contribution in [0.15, 0.2) is 24.3 Å². The van der Waals surface area contributed by atoms with Crippen molar-refractivity contribution < 1.29 is 19.8 Å². The van der Waals surface area contributed by atoms with E-state index >= 15 is 0 Å². The number of carbonyl (C=O) groups is 2. The Labute approximate surface area is 117 Å². The second kappa shape index (κ2) is 6.38. The standard InChI is InChI=1S/C14H18N2O4/c17-12-4-1-3-11(9-12)14(20)16-6-2-5-15(7-8-16)10-13(18)19/h1,3-4,9,17H,2,5-8,10H2,(H,18,19). The lowest BCUT2D eigenvalue weighted by Crippen LogP contribution is -2.36. The number of carboxylic acid groups (broad SMARTS) is 1. The normalized spacial score (nSPS) is 16.7. The van der Waals surface area contributed by atoms with Crippen molar-refractivity contribution in [2.75, 3.05) is 32.7 Å². The number of aliphatic carboxylic acids is 1. The Balaban J connectivity index is 1.99. The van der Waals surface area contributed by atoms with E-state index < -0.39 is 5.97 Å². The molecule has 1 fully saturated rings. The molecule has 0 bridgehead atoms. The molecule has 108 valence electrons. The van der Waals surface area contributed by atoms with E-state index in [2.05, 4.69) is 0 Å². The fourth-order valence-electron chi connectivity index (χ4n) is 2.34.